The van der Waals surface area contributed by atoms with Gasteiger partial charge in [-0.3, -0.25) is 0 Å². The monoisotopic (exact) mass is 272 g/mol. The Morgan fingerprint density at radius 1 is 1.39 bits per heavy atom. The maximum Gasteiger partial charge on any atom is 0.344 e. The molecule has 100 valence electrons. The molecule has 0 aromatic heterocycles. The molecule has 0 aliphatic rings. The van der Waals surface area contributed by atoms with Gasteiger partial charge in [-0.1, -0.05) is 11.6 Å². The Labute approximate surface area is 111 Å². The number of carbonyl (C=O) groups is 1. The zero-order valence-corrected chi connectivity index (χ0v) is 11.4. The lowest BCUT2D eigenvalue weighted by molar-refractivity contribution is -0.149. The molecule has 0 heterocycles. The van der Waals surface area contributed by atoms with Crippen LogP contribution in [0.5, 0.6) is 5.75 Å². The number of benzene rings is 1. The SMILES string of the molecule is CC(C)OC(=O)COc1ccc(Cl)cc1[C@@H](C)O. The Kier molecular flexibility index (Phi) is 5.44. The summed E-state index contributed by atoms with van der Waals surface area (Å²) in [6.45, 7) is 4.94. The van der Waals surface area contributed by atoms with Crippen molar-refractivity contribution in [2.75, 3.05) is 6.61 Å². The molecular formula is C13H17ClO4. The van der Waals surface area contributed by atoms with E-state index in [2.05, 4.69) is 0 Å². The van der Waals surface area contributed by atoms with Gasteiger partial charge in [0.25, 0.3) is 0 Å². The highest BCUT2D eigenvalue weighted by Crippen LogP contribution is 2.28. The number of halogens is 1. The maximum atomic E-state index is 11.3. The average Bonchev–Trinajstić information content (AvgIpc) is 2.26. The standard InChI is InChI=1S/C13H17ClO4/c1-8(2)18-13(16)7-17-12-5-4-10(14)6-11(12)9(3)15/h4-6,8-9,15H,7H2,1-3H3/t9-/m1/s1. The molecule has 0 amide bonds. The van der Waals surface area contributed by atoms with E-state index in [0.29, 0.717) is 16.3 Å². The first-order valence-electron chi connectivity index (χ1n) is 5.70. The van der Waals surface area contributed by atoms with Crippen molar-refractivity contribution >= 4 is 17.6 Å². The Balaban J connectivity index is 2.70. The van der Waals surface area contributed by atoms with Crippen LogP contribution in [0.4, 0.5) is 0 Å². The fourth-order valence-corrected chi connectivity index (χ4v) is 1.59. The van der Waals surface area contributed by atoms with Gasteiger partial charge in [-0.05, 0) is 39.0 Å². The second-order valence-corrected chi connectivity index (χ2v) is 4.62. The summed E-state index contributed by atoms with van der Waals surface area (Å²) in [5, 5.41) is 10.1. The zero-order valence-electron chi connectivity index (χ0n) is 10.6. The van der Waals surface area contributed by atoms with E-state index in [-0.39, 0.29) is 12.7 Å². The minimum atomic E-state index is -0.722. The molecule has 0 aliphatic carbocycles. The Morgan fingerprint density at radius 3 is 2.61 bits per heavy atom. The molecule has 0 spiro atoms. The topological polar surface area (TPSA) is 55.8 Å². The number of hydrogen-bond acceptors (Lipinski definition) is 4. The van der Waals surface area contributed by atoms with Crippen LogP contribution in [0, 0.1) is 0 Å². The van der Waals surface area contributed by atoms with Crippen LogP contribution >= 0.6 is 11.6 Å². The van der Waals surface area contributed by atoms with Crippen LogP contribution in [0.3, 0.4) is 0 Å². The predicted molar refractivity (Wildman–Crippen MR) is 68.8 cm³/mol. The van der Waals surface area contributed by atoms with Gasteiger partial charge in [-0.25, -0.2) is 4.79 Å². The van der Waals surface area contributed by atoms with Crippen LogP contribution in [0.15, 0.2) is 18.2 Å². The first-order chi connectivity index (χ1) is 8.40. The summed E-state index contributed by atoms with van der Waals surface area (Å²) in [5.74, 6) is -0.0217. The molecule has 1 N–H and O–H groups in total. The summed E-state index contributed by atoms with van der Waals surface area (Å²) in [7, 11) is 0. The summed E-state index contributed by atoms with van der Waals surface area (Å²) >= 11 is 5.83. The van der Waals surface area contributed by atoms with Gasteiger partial charge in [-0.15, -0.1) is 0 Å². The molecule has 0 unspecified atom stereocenters. The van der Waals surface area contributed by atoms with E-state index < -0.39 is 12.1 Å². The lowest BCUT2D eigenvalue weighted by atomic mass is 10.1. The third kappa shape index (κ3) is 4.55. The summed E-state index contributed by atoms with van der Waals surface area (Å²) < 4.78 is 10.3. The van der Waals surface area contributed by atoms with E-state index in [4.69, 9.17) is 21.1 Å². The third-order valence-corrected chi connectivity index (χ3v) is 2.37. The van der Waals surface area contributed by atoms with E-state index in [1.165, 1.54) is 0 Å². The Morgan fingerprint density at radius 2 is 2.06 bits per heavy atom. The number of carbonyl (C=O) groups excluding carboxylic acids is 1. The number of rotatable bonds is 5. The van der Waals surface area contributed by atoms with E-state index in [9.17, 15) is 9.90 Å². The lowest BCUT2D eigenvalue weighted by Gasteiger charge is -2.14. The minimum Gasteiger partial charge on any atom is -0.482 e. The van der Waals surface area contributed by atoms with Crippen LogP contribution < -0.4 is 4.74 Å². The highest BCUT2D eigenvalue weighted by Gasteiger charge is 2.12. The van der Waals surface area contributed by atoms with Crippen molar-refractivity contribution in [3.8, 4) is 5.75 Å². The largest absolute Gasteiger partial charge is 0.482 e. The molecule has 0 saturated carbocycles. The molecule has 0 radical (unpaired) electrons. The summed E-state index contributed by atoms with van der Waals surface area (Å²) in [5.41, 5.74) is 0.542. The number of esters is 1. The zero-order chi connectivity index (χ0) is 13.7. The van der Waals surface area contributed by atoms with Crippen LogP contribution in [0.1, 0.15) is 32.4 Å². The van der Waals surface area contributed by atoms with Gasteiger partial charge in [0.2, 0.25) is 0 Å². The summed E-state index contributed by atoms with van der Waals surface area (Å²) in [4.78, 5) is 11.3. The maximum absolute atomic E-state index is 11.3. The molecule has 1 aromatic rings. The smallest absolute Gasteiger partial charge is 0.344 e. The first-order valence-corrected chi connectivity index (χ1v) is 6.07. The van der Waals surface area contributed by atoms with Gasteiger partial charge < -0.3 is 14.6 Å². The van der Waals surface area contributed by atoms with Gasteiger partial charge >= 0.3 is 5.97 Å². The summed E-state index contributed by atoms with van der Waals surface area (Å²) in [6, 6.07) is 4.86. The molecule has 18 heavy (non-hydrogen) atoms. The molecule has 1 rings (SSSR count). The van der Waals surface area contributed by atoms with Crippen molar-refractivity contribution in [1.29, 1.82) is 0 Å². The predicted octanol–water partition coefficient (Wildman–Crippen LogP) is 2.72. The Bertz CT molecular complexity index is 415. The van der Waals surface area contributed by atoms with E-state index in [1.54, 1.807) is 39.0 Å². The fourth-order valence-electron chi connectivity index (χ4n) is 1.41. The quantitative estimate of drug-likeness (QED) is 0.838. The van der Waals surface area contributed by atoms with Gasteiger partial charge in [0.05, 0.1) is 12.2 Å². The molecular weight excluding hydrogens is 256 g/mol. The molecule has 0 saturated heterocycles. The van der Waals surface area contributed by atoms with Crippen molar-refractivity contribution in [1.82, 2.24) is 0 Å². The van der Waals surface area contributed by atoms with Gasteiger partial charge in [0, 0.05) is 10.6 Å². The Hall–Kier alpha value is -1.26. The molecule has 5 heteroatoms. The first kappa shape index (κ1) is 14.8. The summed E-state index contributed by atoms with van der Waals surface area (Å²) in [6.07, 6.45) is -0.901. The third-order valence-electron chi connectivity index (χ3n) is 2.13. The number of aliphatic hydroxyl groups is 1. The van der Waals surface area contributed by atoms with Crippen LogP contribution in [0.25, 0.3) is 0 Å². The van der Waals surface area contributed by atoms with Gasteiger partial charge in [0.15, 0.2) is 6.61 Å². The minimum absolute atomic E-state index is 0.178. The van der Waals surface area contributed by atoms with Crippen LogP contribution in [-0.2, 0) is 9.53 Å². The molecule has 1 atom stereocenters. The second-order valence-electron chi connectivity index (χ2n) is 4.19. The number of hydrogen-bond donors (Lipinski definition) is 1. The van der Waals surface area contributed by atoms with E-state index in [1.807, 2.05) is 0 Å². The van der Waals surface area contributed by atoms with Crippen molar-refractivity contribution in [2.45, 2.75) is 33.0 Å². The van der Waals surface area contributed by atoms with Crippen molar-refractivity contribution in [3.05, 3.63) is 28.8 Å². The highest BCUT2D eigenvalue weighted by molar-refractivity contribution is 6.30. The molecule has 0 fully saturated rings. The molecule has 4 nitrogen and oxygen atoms in total. The van der Waals surface area contributed by atoms with Gasteiger partial charge in [-0.2, -0.15) is 0 Å². The van der Waals surface area contributed by atoms with Crippen molar-refractivity contribution in [2.24, 2.45) is 0 Å². The molecule has 1 aromatic carbocycles. The van der Waals surface area contributed by atoms with Crippen molar-refractivity contribution < 1.29 is 19.4 Å². The molecule has 0 bridgehead atoms. The number of ether oxygens (including phenoxy) is 2. The van der Waals surface area contributed by atoms with Crippen LogP contribution in [-0.4, -0.2) is 23.8 Å². The average molecular weight is 273 g/mol. The normalized spacial score (nSPS) is 12.3. The fraction of sp³-hybridized carbons (Fsp3) is 0.462. The second kappa shape index (κ2) is 6.61. The highest BCUT2D eigenvalue weighted by atomic mass is 35.5. The van der Waals surface area contributed by atoms with Gasteiger partial charge in [0.1, 0.15) is 5.75 Å². The lowest BCUT2D eigenvalue weighted by Crippen LogP contribution is -2.19. The van der Waals surface area contributed by atoms with Crippen LogP contribution in [0.2, 0.25) is 5.02 Å². The molecule has 0 aliphatic heterocycles. The number of aliphatic hydroxyl groups excluding tert-OH is 1. The van der Waals surface area contributed by atoms with Crippen molar-refractivity contribution in [3.63, 3.8) is 0 Å². The van der Waals surface area contributed by atoms with E-state index >= 15 is 0 Å². The van der Waals surface area contributed by atoms with E-state index in [0.717, 1.165) is 0 Å².